The lowest BCUT2D eigenvalue weighted by Gasteiger charge is -2.55. The Balaban J connectivity index is 1.45. The van der Waals surface area contributed by atoms with E-state index in [0.29, 0.717) is 19.3 Å². The van der Waals surface area contributed by atoms with Crippen LogP contribution in [0.15, 0.2) is 12.3 Å². The van der Waals surface area contributed by atoms with Crippen LogP contribution in [0, 0.1) is 17.3 Å². The number of aliphatic hydroxyl groups is 1. The second-order valence-electron chi connectivity index (χ2n) is 9.32. The van der Waals surface area contributed by atoms with Gasteiger partial charge in [0.05, 0.1) is 23.3 Å². The molecule has 11 heteroatoms. The SMILES string of the molecule is C[C@H]1C[C@@](O)(C23CC(C2)C(C(F)(F)F)C3)C[C@@H](COc2cnc(Cl)c(C(F)(F)F)c2)N1. The third-order valence-corrected chi connectivity index (χ3v) is 7.51. The summed E-state index contributed by atoms with van der Waals surface area (Å²) in [6, 6.07) is 0.144. The van der Waals surface area contributed by atoms with Gasteiger partial charge in [0.2, 0.25) is 0 Å². The largest absolute Gasteiger partial charge is 0.490 e. The summed E-state index contributed by atoms with van der Waals surface area (Å²) in [6.07, 6.45) is -6.75. The quantitative estimate of drug-likeness (QED) is 0.479. The van der Waals surface area contributed by atoms with Crippen molar-refractivity contribution in [1.82, 2.24) is 10.3 Å². The molecule has 2 heterocycles. The third-order valence-electron chi connectivity index (χ3n) is 7.21. The Hall–Kier alpha value is -1.26. The molecule has 4 nitrogen and oxygen atoms in total. The molecule has 0 amide bonds. The number of alkyl halides is 6. The molecule has 1 aromatic rings. The van der Waals surface area contributed by atoms with Gasteiger partial charge in [0, 0.05) is 17.5 Å². The van der Waals surface area contributed by atoms with Gasteiger partial charge < -0.3 is 15.2 Å². The highest BCUT2D eigenvalue weighted by Gasteiger charge is 2.70. The number of piperidine rings is 1. The summed E-state index contributed by atoms with van der Waals surface area (Å²) in [5, 5.41) is 14.0. The fraction of sp³-hybridized carbons (Fsp3) is 0.750. The molecule has 2 N–H and O–H groups in total. The van der Waals surface area contributed by atoms with E-state index in [1.807, 2.05) is 6.92 Å². The average molecular weight is 473 g/mol. The molecular weight excluding hydrogens is 450 g/mol. The molecule has 4 atom stereocenters. The molecule has 174 valence electrons. The minimum absolute atomic E-state index is 0.0601. The van der Waals surface area contributed by atoms with E-state index < -0.39 is 52.0 Å². The highest BCUT2D eigenvalue weighted by atomic mass is 35.5. The van der Waals surface area contributed by atoms with Crippen LogP contribution >= 0.6 is 11.6 Å². The molecular formula is C20H23ClF6N2O2. The fourth-order valence-corrected chi connectivity index (χ4v) is 6.11. The average Bonchev–Trinajstić information content (AvgIpc) is 3.17. The third kappa shape index (κ3) is 4.11. The maximum Gasteiger partial charge on any atom is 0.419 e. The van der Waals surface area contributed by atoms with Crippen LogP contribution in [0.4, 0.5) is 26.3 Å². The number of rotatable bonds is 4. The first kappa shape index (κ1) is 22.9. The first-order valence-corrected chi connectivity index (χ1v) is 10.5. The number of nitrogens with one attached hydrogen (secondary N) is 1. The van der Waals surface area contributed by atoms with E-state index in [-0.39, 0.29) is 31.2 Å². The Morgan fingerprint density at radius 2 is 1.84 bits per heavy atom. The van der Waals surface area contributed by atoms with E-state index in [1.165, 1.54) is 0 Å². The molecule has 0 spiro atoms. The van der Waals surface area contributed by atoms with Crippen molar-refractivity contribution in [3.63, 3.8) is 0 Å². The topological polar surface area (TPSA) is 54.4 Å². The van der Waals surface area contributed by atoms with Crippen LogP contribution in [0.3, 0.4) is 0 Å². The van der Waals surface area contributed by atoms with E-state index in [4.69, 9.17) is 16.3 Å². The highest BCUT2D eigenvalue weighted by Crippen LogP contribution is 2.70. The maximum absolute atomic E-state index is 13.3. The number of ether oxygens (including phenoxy) is 1. The number of hydrogen-bond acceptors (Lipinski definition) is 4. The maximum atomic E-state index is 13.3. The van der Waals surface area contributed by atoms with Crippen molar-refractivity contribution in [2.24, 2.45) is 17.3 Å². The Morgan fingerprint density at radius 1 is 1.16 bits per heavy atom. The van der Waals surface area contributed by atoms with Gasteiger partial charge >= 0.3 is 12.4 Å². The highest BCUT2D eigenvalue weighted by molar-refractivity contribution is 6.30. The molecule has 2 bridgehead atoms. The number of aromatic nitrogens is 1. The first-order valence-electron chi connectivity index (χ1n) is 10.1. The van der Waals surface area contributed by atoms with Crippen LogP contribution in [0.25, 0.3) is 0 Å². The van der Waals surface area contributed by atoms with Crippen molar-refractivity contribution in [3.05, 3.63) is 23.0 Å². The first-order chi connectivity index (χ1) is 14.2. The van der Waals surface area contributed by atoms with E-state index >= 15 is 0 Å². The Bertz CT molecular complexity index is 842. The van der Waals surface area contributed by atoms with Crippen LogP contribution in [0.5, 0.6) is 5.75 Å². The smallest absolute Gasteiger partial charge is 0.419 e. The number of hydrogen-bond donors (Lipinski definition) is 2. The lowest BCUT2D eigenvalue weighted by atomic mass is 9.55. The van der Waals surface area contributed by atoms with Gasteiger partial charge in [-0.15, -0.1) is 0 Å². The van der Waals surface area contributed by atoms with Crippen molar-refractivity contribution in [2.75, 3.05) is 6.61 Å². The lowest BCUT2D eigenvalue weighted by molar-refractivity contribution is -0.180. The number of halogens is 7. The van der Waals surface area contributed by atoms with E-state index in [0.717, 1.165) is 12.3 Å². The van der Waals surface area contributed by atoms with Gasteiger partial charge in [0.1, 0.15) is 17.5 Å². The van der Waals surface area contributed by atoms with Crippen LogP contribution < -0.4 is 10.1 Å². The van der Waals surface area contributed by atoms with Crippen molar-refractivity contribution in [3.8, 4) is 5.75 Å². The van der Waals surface area contributed by atoms with Crippen molar-refractivity contribution >= 4 is 11.6 Å². The summed E-state index contributed by atoms with van der Waals surface area (Å²) >= 11 is 5.51. The molecule has 1 unspecified atom stereocenters. The Morgan fingerprint density at radius 3 is 2.42 bits per heavy atom. The van der Waals surface area contributed by atoms with Gasteiger partial charge in [-0.3, -0.25) is 0 Å². The number of nitrogens with zero attached hydrogens (tertiary/aromatic N) is 1. The normalized spacial score (nSPS) is 38.1. The lowest BCUT2D eigenvalue weighted by Crippen LogP contribution is -2.62. The predicted molar refractivity (Wildman–Crippen MR) is 99.6 cm³/mol. The molecule has 3 aliphatic carbocycles. The van der Waals surface area contributed by atoms with Crippen LogP contribution in [-0.2, 0) is 6.18 Å². The monoisotopic (exact) mass is 472 g/mol. The summed E-state index contributed by atoms with van der Waals surface area (Å²) < 4.78 is 84.4. The van der Waals surface area contributed by atoms with Gasteiger partial charge in [-0.05, 0) is 51.0 Å². The summed E-state index contributed by atoms with van der Waals surface area (Å²) in [5.41, 5.74) is -3.16. The Kier molecular flexibility index (Phi) is 5.46. The molecule has 0 aromatic carbocycles. The molecule has 1 aliphatic heterocycles. The molecule has 1 aromatic heterocycles. The van der Waals surface area contributed by atoms with Gasteiger partial charge in [0.15, 0.2) is 0 Å². The molecule has 31 heavy (non-hydrogen) atoms. The van der Waals surface area contributed by atoms with Crippen molar-refractivity contribution < 1.29 is 36.2 Å². The summed E-state index contributed by atoms with van der Waals surface area (Å²) in [4.78, 5) is 3.51. The minimum atomic E-state index is -4.68. The zero-order valence-electron chi connectivity index (χ0n) is 16.7. The second-order valence-corrected chi connectivity index (χ2v) is 9.68. The Labute approximate surface area is 180 Å². The fourth-order valence-electron chi connectivity index (χ4n) is 5.90. The minimum Gasteiger partial charge on any atom is -0.490 e. The second kappa shape index (κ2) is 7.38. The van der Waals surface area contributed by atoms with E-state index in [2.05, 4.69) is 10.3 Å². The molecule has 3 saturated carbocycles. The summed E-state index contributed by atoms with van der Waals surface area (Å²) in [5.74, 6) is -1.94. The predicted octanol–water partition coefficient (Wildman–Crippen LogP) is 4.98. The summed E-state index contributed by atoms with van der Waals surface area (Å²) in [7, 11) is 0. The zero-order chi connectivity index (χ0) is 22.8. The van der Waals surface area contributed by atoms with Crippen molar-refractivity contribution in [2.45, 2.75) is 69.1 Å². The van der Waals surface area contributed by atoms with Gasteiger partial charge in [0.25, 0.3) is 0 Å². The standard InChI is InChI=1S/C20H23ClF6N2O2/c1-10-3-18(30,17-4-11(5-17)15(7-17)20(25,26)27)6-12(29-10)9-31-13-2-14(19(22,23)24)16(21)28-8-13/h2,8,10-12,15,29-30H,3-7,9H2,1H3/t10-,11?,12-,15?,17?,18-/m0/s1. The zero-order valence-corrected chi connectivity index (χ0v) is 17.4. The van der Waals surface area contributed by atoms with Gasteiger partial charge in [-0.2, -0.15) is 26.3 Å². The van der Waals surface area contributed by atoms with Crippen LogP contribution in [0.2, 0.25) is 5.15 Å². The van der Waals surface area contributed by atoms with E-state index in [9.17, 15) is 31.4 Å². The number of pyridine rings is 1. The van der Waals surface area contributed by atoms with Crippen molar-refractivity contribution in [1.29, 1.82) is 0 Å². The molecule has 1 saturated heterocycles. The molecule has 4 fully saturated rings. The molecule has 4 aliphatic rings. The molecule has 0 radical (unpaired) electrons. The summed E-state index contributed by atoms with van der Waals surface area (Å²) in [6.45, 7) is 1.77. The van der Waals surface area contributed by atoms with Crippen LogP contribution in [0.1, 0.15) is 44.6 Å². The van der Waals surface area contributed by atoms with Crippen LogP contribution in [-0.4, -0.2) is 40.6 Å². The number of fused-ring (bicyclic) bond motifs is 1. The van der Waals surface area contributed by atoms with Gasteiger partial charge in [-0.1, -0.05) is 11.6 Å². The molecule has 5 rings (SSSR count). The van der Waals surface area contributed by atoms with E-state index in [1.54, 1.807) is 0 Å². The van der Waals surface area contributed by atoms with Gasteiger partial charge in [-0.25, -0.2) is 4.98 Å².